The van der Waals surface area contributed by atoms with E-state index in [1.165, 1.54) is 29.6 Å². The highest BCUT2D eigenvalue weighted by molar-refractivity contribution is 7.89. The molecule has 1 rings (SSSR count). The molecule has 0 unspecified atom stereocenters. The molecule has 0 radical (unpaired) electrons. The summed E-state index contributed by atoms with van der Waals surface area (Å²) >= 11 is 5.54. The van der Waals surface area contributed by atoms with Crippen molar-refractivity contribution in [1.82, 2.24) is 4.31 Å². The van der Waals surface area contributed by atoms with E-state index in [-0.39, 0.29) is 4.90 Å². The van der Waals surface area contributed by atoms with Gasteiger partial charge in [0.25, 0.3) is 0 Å². The SMILES string of the molecule is CN(CCCCCCl)S(=O)(=O)c1ccccc1F. The Morgan fingerprint density at radius 1 is 1.22 bits per heavy atom. The van der Waals surface area contributed by atoms with Gasteiger partial charge in [0.05, 0.1) is 0 Å². The Balaban J connectivity index is 2.72. The fraction of sp³-hybridized carbons (Fsp3) is 0.500. The maximum absolute atomic E-state index is 13.5. The van der Waals surface area contributed by atoms with Crippen LogP contribution in [0.4, 0.5) is 4.39 Å². The second-order valence-electron chi connectivity index (χ2n) is 4.01. The molecule has 102 valence electrons. The Bertz CT molecular complexity index is 479. The van der Waals surface area contributed by atoms with Crippen molar-refractivity contribution < 1.29 is 12.8 Å². The highest BCUT2D eigenvalue weighted by atomic mass is 35.5. The zero-order valence-corrected chi connectivity index (χ0v) is 11.8. The van der Waals surface area contributed by atoms with Gasteiger partial charge in [0.15, 0.2) is 0 Å². The van der Waals surface area contributed by atoms with Gasteiger partial charge in [0, 0.05) is 19.5 Å². The van der Waals surface area contributed by atoms with Crippen molar-refractivity contribution >= 4 is 21.6 Å². The molecule has 0 atom stereocenters. The van der Waals surface area contributed by atoms with Crippen molar-refractivity contribution in [2.75, 3.05) is 19.5 Å². The van der Waals surface area contributed by atoms with Crippen LogP contribution in [0.2, 0.25) is 0 Å². The van der Waals surface area contributed by atoms with E-state index < -0.39 is 15.8 Å². The molecule has 0 fully saturated rings. The highest BCUT2D eigenvalue weighted by Gasteiger charge is 2.23. The normalized spacial score (nSPS) is 12.0. The fourth-order valence-electron chi connectivity index (χ4n) is 1.55. The van der Waals surface area contributed by atoms with Crippen molar-refractivity contribution in [2.24, 2.45) is 0 Å². The largest absolute Gasteiger partial charge is 0.245 e. The van der Waals surface area contributed by atoms with Crippen molar-refractivity contribution in [3.05, 3.63) is 30.1 Å². The number of unbranched alkanes of at least 4 members (excludes halogenated alkanes) is 2. The fourth-order valence-corrected chi connectivity index (χ4v) is 3.01. The number of hydrogen-bond acceptors (Lipinski definition) is 2. The van der Waals surface area contributed by atoms with Crippen LogP contribution < -0.4 is 0 Å². The minimum atomic E-state index is -3.73. The number of sulfonamides is 1. The minimum Gasteiger partial charge on any atom is -0.207 e. The number of benzene rings is 1. The van der Waals surface area contributed by atoms with Crippen LogP contribution >= 0.6 is 11.6 Å². The average molecular weight is 294 g/mol. The zero-order chi connectivity index (χ0) is 13.6. The number of hydrogen-bond donors (Lipinski definition) is 0. The van der Waals surface area contributed by atoms with Crippen LogP contribution in [0.3, 0.4) is 0 Å². The van der Waals surface area contributed by atoms with E-state index in [9.17, 15) is 12.8 Å². The molecular weight excluding hydrogens is 277 g/mol. The van der Waals surface area contributed by atoms with E-state index in [4.69, 9.17) is 11.6 Å². The van der Waals surface area contributed by atoms with E-state index >= 15 is 0 Å². The molecule has 0 bridgehead atoms. The third-order valence-corrected chi connectivity index (χ3v) is 4.79. The van der Waals surface area contributed by atoms with Gasteiger partial charge in [-0.2, -0.15) is 0 Å². The predicted molar refractivity (Wildman–Crippen MR) is 70.8 cm³/mol. The van der Waals surface area contributed by atoms with Crippen molar-refractivity contribution in [2.45, 2.75) is 24.2 Å². The van der Waals surface area contributed by atoms with Gasteiger partial charge in [0.2, 0.25) is 10.0 Å². The standard InChI is InChI=1S/C12H17ClFNO2S/c1-15(10-6-2-5-9-13)18(16,17)12-8-4-3-7-11(12)14/h3-4,7-8H,2,5-6,9-10H2,1H3. The number of halogens is 2. The highest BCUT2D eigenvalue weighted by Crippen LogP contribution is 2.18. The van der Waals surface area contributed by atoms with Crippen LogP contribution in [0.1, 0.15) is 19.3 Å². The van der Waals surface area contributed by atoms with Gasteiger partial charge in [-0.05, 0) is 25.0 Å². The molecule has 0 spiro atoms. The molecule has 0 saturated carbocycles. The molecular formula is C12H17ClFNO2S. The summed E-state index contributed by atoms with van der Waals surface area (Å²) < 4.78 is 38.8. The number of rotatable bonds is 7. The van der Waals surface area contributed by atoms with E-state index in [1.54, 1.807) is 0 Å². The number of nitrogens with zero attached hydrogens (tertiary/aromatic N) is 1. The molecule has 0 aliphatic rings. The summed E-state index contributed by atoms with van der Waals surface area (Å²) in [5, 5.41) is 0. The molecule has 18 heavy (non-hydrogen) atoms. The molecule has 3 nitrogen and oxygen atoms in total. The lowest BCUT2D eigenvalue weighted by Crippen LogP contribution is -2.28. The van der Waals surface area contributed by atoms with Gasteiger partial charge in [0.1, 0.15) is 10.7 Å². The van der Waals surface area contributed by atoms with Crippen molar-refractivity contribution in [3.8, 4) is 0 Å². The van der Waals surface area contributed by atoms with Gasteiger partial charge in [-0.15, -0.1) is 11.6 Å². The van der Waals surface area contributed by atoms with Gasteiger partial charge >= 0.3 is 0 Å². The Morgan fingerprint density at radius 2 is 1.89 bits per heavy atom. The van der Waals surface area contributed by atoms with Crippen LogP contribution in [-0.4, -0.2) is 32.2 Å². The van der Waals surface area contributed by atoms with Crippen molar-refractivity contribution in [1.29, 1.82) is 0 Å². The van der Waals surface area contributed by atoms with Crippen LogP contribution in [-0.2, 0) is 10.0 Å². The first kappa shape index (κ1) is 15.4. The molecule has 0 N–H and O–H groups in total. The van der Waals surface area contributed by atoms with Crippen LogP contribution in [0.25, 0.3) is 0 Å². The van der Waals surface area contributed by atoms with Gasteiger partial charge in [-0.1, -0.05) is 18.6 Å². The number of alkyl halides is 1. The lowest BCUT2D eigenvalue weighted by molar-refractivity contribution is 0.449. The second-order valence-corrected chi connectivity index (χ2v) is 6.40. The topological polar surface area (TPSA) is 37.4 Å². The lowest BCUT2D eigenvalue weighted by atomic mass is 10.2. The molecule has 0 saturated heterocycles. The molecule has 0 amide bonds. The molecule has 0 heterocycles. The third kappa shape index (κ3) is 3.93. The summed E-state index contributed by atoms with van der Waals surface area (Å²) in [5.74, 6) is -0.144. The predicted octanol–water partition coefficient (Wildman–Crippen LogP) is 2.86. The summed E-state index contributed by atoms with van der Waals surface area (Å²) in [4.78, 5) is -0.273. The Kier molecular flexibility index (Phi) is 6.05. The van der Waals surface area contributed by atoms with Crippen LogP contribution in [0, 0.1) is 5.82 Å². The zero-order valence-electron chi connectivity index (χ0n) is 10.3. The van der Waals surface area contributed by atoms with E-state index in [0.29, 0.717) is 12.4 Å². The first-order chi connectivity index (χ1) is 8.50. The summed E-state index contributed by atoms with van der Waals surface area (Å²) in [6, 6.07) is 5.40. The van der Waals surface area contributed by atoms with Gasteiger partial charge in [-0.3, -0.25) is 0 Å². The van der Waals surface area contributed by atoms with Crippen LogP contribution in [0.5, 0.6) is 0 Å². The smallest absolute Gasteiger partial charge is 0.207 e. The molecule has 0 aliphatic heterocycles. The maximum Gasteiger partial charge on any atom is 0.245 e. The monoisotopic (exact) mass is 293 g/mol. The summed E-state index contributed by atoms with van der Waals surface area (Å²) in [6.45, 7) is 0.369. The molecule has 1 aromatic rings. The summed E-state index contributed by atoms with van der Waals surface area (Å²) in [6.07, 6.45) is 2.44. The maximum atomic E-state index is 13.5. The third-order valence-electron chi connectivity index (χ3n) is 2.63. The molecule has 1 aromatic carbocycles. The first-order valence-electron chi connectivity index (χ1n) is 5.77. The van der Waals surface area contributed by atoms with E-state index in [2.05, 4.69) is 0 Å². The molecule has 6 heteroatoms. The molecule has 0 aromatic heterocycles. The lowest BCUT2D eigenvalue weighted by Gasteiger charge is -2.17. The average Bonchev–Trinajstić information content (AvgIpc) is 2.34. The Labute approximate surface area is 113 Å². The quantitative estimate of drug-likeness (QED) is 0.573. The van der Waals surface area contributed by atoms with Gasteiger partial charge in [-0.25, -0.2) is 17.1 Å². The minimum absolute atomic E-state index is 0.273. The summed E-state index contributed by atoms with van der Waals surface area (Å²) in [7, 11) is -2.27. The Morgan fingerprint density at radius 3 is 2.50 bits per heavy atom. The van der Waals surface area contributed by atoms with Crippen molar-refractivity contribution in [3.63, 3.8) is 0 Å². The van der Waals surface area contributed by atoms with Crippen LogP contribution in [0.15, 0.2) is 29.2 Å². The Hall–Kier alpha value is -0.650. The van der Waals surface area contributed by atoms with Gasteiger partial charge < -0.3 is 0 Å². The first-order valence-corrected chi connectivity index (χ1v) is 7.74. The second kappa shape index (κ2) is 7.07. The van der Waals surface area contributed by atoms with E-state index in [0.717, 1.165) is 25.3 Å². The van der Waals surface area contributed by atoms with E-state index in [1.807, 2.05) is 0 Å². The summed E-state index contributed by atoms with van der Waals surface area (Å²) in [5.41, 5.74) is 0. The molecule has 0 aliphatic carbocycles.